The summed E-state index contributed by atoms with van der Waals surface area (Å²) >= 11 is 1.39. The largest absolute Gasteiger partial charge is 0.488 e. The van der Waals surface area contributed by atoms with Crippen molar-refractivity contribution in [2.45, 2.75) is 31.9 Å². The highest BCUT2D eigenvalue weighted by Gasteiger charge is 2.28. The highest BCUT2D eigenvalue weighted by atomic mass is 32.1. The number of aryl methyl sites for hydroxylation is 1. The Morgan fingerprint density at radius 3 is 2.76 bits per heavy atom. The summed E-state index contributed by atoms with van der Waals surface area (Å²) in [6, 6.07) is 4.48. The van der Waals surface area contributed by atoms with Crippen LogP contribution in [0.5, 0.6) is 11.5 Å². The number of amides is 2. The number of likely N-dealkylation sites (tertiary alicyclic amines) is 1. The van der Waals surface area contributed by atoms with E-state index in [1.54, 1.807) is 35.5 Å². The van der Waals surface area contributed by atoms with Gasteiger partial charge in [-0.15, -0.1) is 11.3 Å². The fraction of sp³-hybridized carbons (Fsp3) is 0.391. The van der Waals surface area contributed by atoms with Crippen molar-refractivity contribution in [2.24, 2.45) is 4.99 Å². The molecule has 0 saturated carbocycles. The van der Waals surface area contributed by atoms with Crippen LogP contribution < -0.4 is 20.1 Å². The zero-order valence-corrected chi connectivity index (χ0v) is 19.5. The minimum absolute atomic E-state index is 0.00383. The van der Waals surface area contributed by atoms with Crippen molar-refractivity contribution in [3.8, 4) is 11.5 Å². The van der Waals surface area contributed by atoms with Crippen LogP contribution >= 0.6 is 11.3 Å². The second kappa shape index (κ2) is 9.82. The molecule has 2 atom stereocenters. The standard InChI is InChI=1S/C23H25N5O5S/c1-14-10-26-23(34-14)27-21(29)15-7-17(32-16-3-6-31-13-16)9-18(8-15)33-20-12-24-19(11-25-20)22(30)28-4-2-5-28/h7-12,16,19,24H,2-6,13H2,1H3,(H,26,27,29)/t16-,19?/m0/s1. The van der Waals surface area contributed by atoms with Gasteiger partial charge in [0.15, 0.2) is 5.13 Å². The zero-order valence-electron chi connectivity index (χ0n) is 18.7. The van der Waals surface area contributed by atoms with Gasteiger partial charge < -0.3 is 24.4 Å². The number of benzene rings is 1. The Hall–Kier alpha value is -3.44. The molecular weight excluding hydrogens is 458 g/mol. The molecule has 3 aliphatic rings. The van der Waals surface area contributed by atoms with Gasteiger partial charge >= 0.3 is 0 Å². The van der Waals surface area contributed by atoms with Crippen LogP contribution in [0.3, 0.4) is 0 Å². The minimum Gasteiger partial charge on any atom is -0.488 e. The Morgan fingerprint density at radius 2 is 2.12 bits per heavy atom. The number of nitrogens with zero attached hydrogens (tertiary/aromatic N) is 3. The molecule has 2 saturated heterocycles. The highest BCUT2D eigenvalue weighted by Crippen LogP contribution is 2.28. The molecule has 1 aromatic carbocycles. The van der Waals surface area contributed by atoms with Gasteiger partial charge in [0.2, 0.25) is 5.88 Å². The molecule has 0 aliphatic carbocycles. The van der Waals surface area contributed by atoms with Crippen molar-refractivity contribution in [1.29, 1.82) is 0 Å². The van der Waals surface area contributed by atoms with Crippen LogP contribution in [-0.2, 0) is 9.53 Å². The van der Waals surface area contributed by atoms with Crippen molar-refractivity contribution in [2.75, 3.05) is 31.6 Å². The molecule has 5 rings (SSSR count). The second-order valence-corrected chi connectivity index (χ2v) is 9.45. The van der Waals surface area contributed by atoms with Crippen LogP contribution in [-0.4, -0.2) is 66.4 Å². The molecule has 178 valence electrons. The molecule has 2 N–H and O–H groups in total. The summed E-state index contributed by atoms with van der Waals surface area (Å²) in [5, 5.41) is 6.34. The summed E-state index contributed by atoms with van der Waals surface area (Å²) in [6.07, 6.45) is 6.51. The van der Waals surface area contributed by atoms with Gasteiger partial charge in [0.25, 0.3) is 11.8 Å². The zero-order chi connectivity index (χ0) is 23.5. The Balaban J connectivity index is 1.31. The fourth-order valence-corrected chi connectivity index (χ4v) is 4.30. The first kappa shape index (κ1) is 22.4. The molecule has 3 aliphatic heterocycles. The lowest BCUT2D eigenvalue weighted by molar-refractivity contribution is -0.134. The summed E-state index contributed by atoms with van der Waals surface area (Å²) in [5.41, 5.74) is 0.360. The highest BCUT2D eigenvalue weighted by molar-refractivity contribution is 7.15. The monoisotopic (exact) mass is 483 g/mol. The van der Waals surface area contributed by atoms with E-state index in [2.05, 4.69) is 20.6 Å². The Kier molecular flexibility index (Phi) is 6.45. The second-order valence-electron chi connectivity index (χ2n) is 8.21. The van der Waals surface area contributed by atoms with Gasteiger partial charge in [0.1, 0.15) is 23.6 Å². The topological polar surface area (TPSA) is 114 Å². The minimum atomic E-state index is -0.507. The molecule has 10 nitrogen and oxygen atoms in total. The maximum atomic E-state index is 12.9. The molecule has 1 unspecified atom stereocenters. The smallest absolute Gasteiger partial charge is 0.257 e. The molecule has 0 radical (unpaired) electrons. The summed E-state index contributed by atoms with van der Waals surface area (Å²) in [7, 11) is 0. The number of rotatable bonds is 7. The molecule has 2 amide bonds. The molecule has 2 aromatic rings. The number of aliphatic imine (C=N–C) groups is 1. The van der Waals surface area contributed by atoms with Crippen molar-refractivity contribution >= 4 is 34.5 Å². The number of nitrogens with one attached hydrogen (secondary N) is 2. The third-order valence-corrected chi connectivity index (χ3v) is 6.40. The maximum Gasteiger partial charge on any atom is 0.257 e. The van der Waals surface area contributed by atoms with Crippen molar-refractivity contribution in [3.63, 3.8) is 0 Å². The number of carbonyl (C=O) groups is 2. The fourth-order valence-electron chi connectivity index (χ4n) is 3.64. The van der Waals surface area contributed by atoms with Crippen LogP contribution in [0.15, 0.2) is 41.5 Å². The number of carbonyl (C=O) groups excluding carboxylic acids is 2. The lowest BCUT2D eigenvalue weighted by Gasteiger charge is -2.33. The summed E-state index contributed by atoms with van der Waals surface area (Å²) in [5.74, 6) is 0.820. The lowest BCUT2D eigenvalue weighted by atomic mass is 10.1. The maximum absolute atomic E-state index is 12.9. The van der Waals surface area contributed by atoms with Gasteiger partial charge in [-0.1, -0.05) is 0 Å². The predicted octanol–water partition coefficient (Wildman–Crippen LogP) is 2.32. The molecule has 11 heteroatoms. The number of thiazole rings is 1. The number of aromatic nitrogens is 1. The van der Waals surface area contributed by atoms with E-state index in [0.717, 1.165) is 30.8 Å². The Morgan fingerprint density at radius 1 is 1.26 bits per heavy atom. The SMILES string of the molecule is Cc1cnc(NC(=O)c2cc(OC3=CNC(C(=O)N4CCC4)C=N3)cc(O[C@H]3CCOC3)c2)s1. The molecule has 0 bridgehead atoms. The summed E-state index contributed by atoms with van der Waals surface area (Å²) in [6.45, 7) is 4.62. The molecule has 2 fully saturated rings. The average Bonchev–Trinajstić information content (AvgIpc) is 3.44. The van der Waals surface area contributed by atoms with Crippen molar-refractivity contribution in [1.82, 2.24) is 15.2 Å². The third kappa shape index (κ3) is 5.20. The van der Waals surface area contributed by atoms with E-state index in [1.807, 2.05) is 6.92 Å². The lowest BCUT2D eigenvalue weighted by Crippen LogP contribution is -2.52. The van der Waals surface area contributed by atoms with E-state index in [-0.39, 0.29) is 23.8 Å². The molecular formula is C23H25N5O5S. The first-order valence-electron chi connectivity index (χ1n) is 11.1. The first-order valence-corrected chi connectivity index (χ1v) is 12.0. The molecule has 0 spiro atoms. The van der Waals surface area contributed by atoms with Crippen LogP contribution in [0.25, 0.3) is 0 Å². The number of anilines is 1. The van der Waals surface area contributed by atoms with E-state index in [1.165, 1.54) is 17.6 Å². The Bertz CT molecular complexity index is 1140. The number of hydrogen-bond acceptors (Lipinski definition) is 9. The quantitative estimate of drug-likeness (QED) is 0.621. The van der Waals surface area contributed by atoms with Crippen LogP contribution in [0.4, 0.5) is 5.13 Å². The molecule has 4 heterocycles. The van der Waals surface area contributed by atoms with Crippen LogP contribution in [0.1, 0.15) is 28.1 Å². The predicted molar refractivity (Wildman–Crippen MR) is 126 cm³/mol. The van der Waals surface area contributed by atoms with Gasteiger partial charge in [0, 0.05) is 48.4 Å². The first-order chi connectivity index (χ1) is 16.5. The van der Waals surface area contributed by atoms with Gasteiger partial charge in [-0.3, -0.25) is 14.9 Å². The molecule has 1 aromatic heterocycles. The van der Waals surface area contributed by atoms with E-state index >= 15 is 0 Å². The van der Waals surface area contributed by atoms with Gasteiger partial charge in [-0.05, 0) is 25.5 Å². The molecule has 34 heavy (non-hydrogen) atoms. The summed E-state index contributed by atoms with van der Waals surface area (Å²) in [4.78, 5) is 36.5. The van der Waals surface area contributed by atoms with E-state index in [4.69, 9.17) is 14.2 Å². The Labute approximate surface area is 200 Å². The number of hydrogen-bond donors (Lipinski definition) is 2. The number of ether oxygens (including phenoxy) is 3. The van der Waals surface area contributed by atoms with E-state index in [0.29, 0.717) is 35.4 Å². The van der Waals surface area contributed by atoms with Crippen molar-refractivity contribution < 1.29 is 23.8 Å². The van der Waals surface area contributed by atoms with Gasteiger partial charge in [-0.2, -0.15) is 0 Å². The van der Waals surface area contributed by atoms with Crippen LogP contribution in [0.2, 0.25) is 0 Å². The third-order valence-electron chi connectivity index (χ3n) is 5.57. The van der Waals surface area contributed by atoms with Gasteiger partial charge in [-0.25, -0.2) is 9.98 Å². The van der Waals surface area contributed by atoms with Crippen molar-refractivity contribution in [3.05, 3.63) is 46.9 Å². The normalized spacial score (nSPS) is 21.3. The van der Waals surface area contributed by atoms with Crippen LogP contribution in [0, 0.1) is 6.92 Å². The average molecular weight is 484 g/mol. The van der Waals surface area contributed by atoms with E-state index in [9.17, 15) is 9.59 Å². The van der Waals surface area contributed by atoms with Gasteiger partial charge in [0.05, 0.1) is 19.4 Å². The summed E-state index contributed by atoms with van der Waals surface area (Å²) < 4.78 is 17.3. The van der Waals surface area contributed by atoms with E-state index < -0.39 is 6.04 Å².